The fourth-order valence-corrected chi connectivity index (χ4v) is 3.81. The van der Waals surface area contributed by atoms with Gasteiger partial charge in [0.2, 0.25) is 5.91 Å². The molecular formula is C18H12F2N4O4S. The van der Waals surface area contributed by atoms with E-state index >= 15 is 0 Å². The maximum Gasteiger partial charge on any atom is 0.270 e. The van der Waals surface area contributed by atoms with Crippen LogP contribution in [0, 0.1) is 27.7 Å². The van der Waals surface area contributed by atoms with E-state index in [2.05, 4.69) is 10.3 Å². The summed E-state index contributed by atoms with van der Waals surface area (Å²) < 4.78 is 26.8. The van der Waals surface area contributed by atoms with E-state index in [9.17, 15) is 28.5 Å². The molecule has 1 aliphatic rings. The largest absolute Gasteiger partial charge is 0.337 e. The zero-order valence-corrected chi connectivity index (χ0v) is 15.4. The molecule has 1 aliphatic heterocycles. The first-order chi connectivity index (χ1) is 13.8. The number of fused-ring (bicyclic) bond motifs is 1. The molecule has 1 fully saturated rings. The second-order valence-electron chi connectivity index (χ2n) is 6.45. The molecule has 0 atom stereocenters. The first-order valence-electron chi connectivity index (χ1n) is 8.42. The summed E-state index contributed by atoms with van der Waals surface area (Å²) in [4.78, 5) is 40.5. The minimum absolute atomic E-state index is 0.00975. The number of rotatable bonds is 4. The number of non-ortho nitro benzene ring substituents is 1. The highest BCUT2D eigenvalue weighted by Gasteiger charge is 2.36. The number of benzene rings is 2. The number of carbonyl (C=O) groups is 2. The molecule has 0 unspecified atom stereocenters. The Labute approximate surface area is 165 Å². The molecule has 2 heterocycles. The van der Waals surface area contributed by atoms with Crippen molar-refractivity contribution >= 4 is 44.2 Å². The van der Waals surface area contributed by atoms with E-state index in [0.717, 1.165) is 23.5 Å². The molecule has 1 N–H and O–H groups in total. The van der Waals surface area contributed by atoms with Gasteiger partial charge in [-0.15, -0.1) is 0 Å². The normalized spacial score (nSPS) is 13.9. The molecule has 29 heavy (non-hydrogen) atoms. The van der Waals surface area contributed by atoms with Crippen molar-refractivity contribution in [3.63, 3.8) is 0 Å². The van der Waals surface area contributed by atoms with Crippen LogP contribution in [-0.2, 0) is 4.79 Å². The highest BCUT2D eigenvalue weighted by Crippen LogP contribution is 2.30. The van der Waals surface area contributed by atoms with Crippen molar-refractivity contribution in [1.82, 2.24) is 9.88 Å². The molecule has 0 bridgehead atoms. The van der Waals surface area contributed by atoms with Crippen LogP contribution in [0.15, 0.2) is 36.4 Å². The summed E-state index contributed by atoms with van der Waals surface area (Å²) in [5.41, 5.74) is 0.472. The van der Waals surface area contributed by atoms with Gasteiger partial charge in [0.15, 0.2) is 16.8 Å². The molecule has 3 aromatic rings. The molecule has 148 valence electrons. The van der Waals surface area contributed by atoms with Crippen LogP contribution in [-0.4, -0.2) is 39.7 Å². The average molecular weight is 418 g/mol. The predicted molar refractivity (Wildman–Crippen MR) is 101 cm³/mol. The summed E-state index contributed by atoms with van der Waals surface area (Å²) in [5, 5.41) is 13.8. The standard InChI is InChI=1S/C18H12F2N4O4S/c19-12-3-1-9(5-13(12)20)17(26)23-7-10(8-23)16(25)22-18-21-14-4-2-11(24(27)28)6-15(14)29-18/h1-6,10H,7-8H2,(H,21,22,25). The highest BCUT2D eigenvalue weighted by molar-refractivity contribution is 7.22. The van der Waals surface area contributed by atoms with E-state index in [-0.39, 0.29) is 30.2 Å². The monoisotopic (exact) mass is 418 g/mol. The number of likely N-dealkylation sites (tertiary alicyclic amines) is 1. The van der Waals surface area contributed by atoms with Gasteiger partial charge in [-0.25, -0.2) is 13.8 Å². The molecular weight excluding hydrogens is 406 g/mol. The lowest BCUT2D eigenvalue weighted by molar-refractivity contribution is -0.384. The summed E-state index contributed by atoms with van der Waals surface area (Å²) in [6.07, 6.45) is 0. The maximum absolute atomic E-state index is 13.3. The molecule has 0 spiro atoms. The van der Waals surface area contributed by atoms with E-state index in [0.29, 0.717) is 15.3 Å². The van der Waals surface area contributed by atoms with Gasteiger partial charge in [-0.3, -0.25) is 19.7 Å². The number of nitrogens with one attached hydrogen (secondary N) is 1. The summed E-state index contributed by atoms with van der Waals surface area (Å²) >= 11 is 1.11. The fourth-order valence-electron chi connectivity index (χ4n) is 2.91. The van der Waals surface area contributed by atoms with E-state index < -0.39 is 28.4 Å². The SMILES string of the molecule is O=C(Nc1nc2ccc([N+](=O)[O-])cc2s1)C1CN(C(=O)c2ccc(F)c(F)c2)C1. The third-order valence-corrected chi connectivity index (χ3v) is 5.45. The number of hydrogen-bond donors (Lipinski definition) is 1. The van der Waals surface area contributed by atoms with Crippen LogP contribution in [0.4, 0.5) is 19.6 Å². The number of aromatic nitrogens is 1. The van der Waals surface area contributed by atoms with E-state index in [1.165, 1.54) is 29.2 Å². The maximum atomic E-state index is 13.3. The van der Waals surface area contributed by atoms with Crippen molar-refractivity contribution in [2.45, 2.75) is 0 Å². The Morgan fingerprint density at radius 3 is 2.62 bits per heavy atom. The highest BCUT2D eigenvalue weighted by atomic mass is 32.1. The minimum atomic E-state index is -1.11. The van der Waals surface area contributed by atoms with Crippen LogP contribution in [0.2, 0.25) is 0 Å². The second kappa shape index (κ2) is 7.17. The Bertz CT molecular complexity index is 1160. The van der Waals surface area contributed by atoms with Gasteiger partial charge in [-0.2, -0.15) is 0 Å². The zero-order chi connectivity index (χ0) is 20.7. The van der Waals surface area contributed by atoms with Gasteiger partial charge >= 0.3 is 0 Å². The topological polar surface area (TPSA) is 105 Å². The first kappa shape index (κ1) is 18.9. The minimum Gasteiger partial charge on any atom is -0.337 e. The number of nitro groups is 1. The van der Waals surface area contributed by atoms with E-state index in [1.54, 1.807) is 0 Å². The predicted octanol–water partition coefficient (Wildman–Crippen LogP) is 3.19. The molecule has 0 saturated carbocycles. The third kappa shape index (κ3) is 3.63. The Morgan fingerprint density at radius 1 is 1.17 bits per heavy atom. The Kier molecular flexibility index (Phi) is 4.66. The van der Waals surface area contributed by atoms with Crippen molar-refractivity contribution in [2.75, 3.05) is 18.4 Å². The third-order valence-electron chi connectivity index (χ3n) is 4.52. The fraction of sp³-hybridized carbons (Fsp3) is 0.167. The Hall–Kier alpha value is -3.47. The summed E-state index contributed by atoms with van der Waals surface area (Å²) in [6, 6.07) is 7.12. The number of nitro benzene ring substituents is 1. The van der Waals surface area contributed by atoms with Gasteiger partial charge in [0.1, 0.15) is 0 Å². The molecule has 4 rings (SSSR count). The van der Waals surface area contributed by atoms with Crippen LogP contribution in [0.5, 0.6) is 0 Å². The molecule has 2 aromatic carbocycles. The van der Waals surface area contributed by atoms with Crippen molar-refractivity contribution < 1.29 is 23.3 Å². The van der Waals surface area contributed by atoms with Crippen molar-refractivity contribution in [2.24, 2.45) is 5.92 Å². The number of hydrogen-bond acceptors (Lipinski definition) is 6. The smallest absolute Gasteiger partial charge is 0.270 e. The van der Waals surface area contributed by atoms with E-state index in [1.807, 2.05) is 0 Å². The molecule has 1 aromatic heterocycles. The van der Waals surface area contributed by atoms with Gasteiger partial charge in [0.05, 0.1) is 21.1 Å². The number of anilines is 1. The zero-order valence-electron chi connectivity index (χ0n) is 14.6. The van der Waals surface area contributed by atoms with Gasteiger partial charge in [0.25, 0.3) is 11.6 Å². The Morgan fingerprint density at radius 2 is 1.93 bits per heavy atom. The second-order valence-corrected chi connectivity index (χ2v) is 7.48. The van der Waals surface area contributed by atoms with Crippen LogP contribution in [0.25, 0.3) is 10.2 Å². The van der Waals surface area contributed by atoms with Gasteiger partial charge in [-0.05, 0) is 24.3 Å². The van der Waals surface area contributed by atoms with Crippen LogP contribution in [0.3, 0.4) is 0 Å². The number of nitrogens with zero attached hydrogens (tertiary/aromatic N) is 3. The number of thiazole rings is 1. The average Bonchev–Trinajstić information content (AvgIpc) is 3.03. The Balaban J connectivity index is 1.38. The lowest BCUT2D eigenvalue weighted by Crippen LogP contribution is -2.54. The number of carbonyl (C=O) groups excluding carboxylic acids is 2. The lowest BCUT2D eigenvalue weighted by atomic mass is 9.98. The van der Waals surface area contributed by atoms with Gasteiger partial charge in [0, 0.05) is 30.8 Å². The molecule has 2 amide bonds. The summed E-state index contributed by atoms with van der Waals surface area (Å²) in [7, 11) is 0. The quantitative estimate of drug-likeness (QED) is 0.517. The first-order valence-corrected chi connectivity index (χ1v) is 9.23. The van der Waals surface area contributed by atoms with E-state index in [4.69, 9.17) is 0 Å². The molecule has 0 radical (unpaired) electrons. The molecule has 1 saturated heterocycles. The number of halogens is 2. The van der Waals surface area contributed by atoms with Crippen LogP contribution in [0.1, 0.15) is 10.4 Å². The number of amides is 2. The van der Waals surface area contributed by atoms with Crippen molar-refractivity contribution in [3.05, 3.63) is 63.7 Å². The van der Waals surface area contributed by atoms with Crippen molar-refractivity contribution in [1.29, 1.82) is 0 Å². The molecule has 8 nitrogen and oxygen atoms in total. The molecule has 0 aliphatic carbocycles. The van der Waals surface area contributed by atoms with Crippen LogP contribution < -0.4 is 5.32 Å². The lowest BCUT2D eigenvalue weighted by Gasteiger charge is -2.38. The molecule has 11 heteroatoms. The van der Waals surface area contributed by atoms with Crippen molar-refractivity contribution in [3.8, 4) is 0 Å². The summed E-state index contributed by atoms with van der Waals surface area (Å²) in [6.45, 7) is 0.278. The van der Waals surface area contributed by atoms with Gasteiger partial charge < -0.3 is 10.2 Å². The van der Waals surface area contributed by atoms with Gasteiger partial charge in [-0.1, -0.05) is 11.3 Å². The van der Waals surface area contributed by atoms with Crippen LogP contribution >= 0.6 is 11.3 Å². The summed E-state index contributed by atoms with van der Waals surface area (Å²) in [5.74, 6) is -3.44.